The lowest BCUT2D eigenvalue weighted by atomic mass is 9.45. The molecule has 1 aromatic rings. The molecule has 0 radical (unpaired) electrons. The number of rotatable bonds is 22. The number of fused-ring (bicyclic) bond motifs is 5. The van der Waals surface area contributed by atoms with Crippen LogP contribution < -0.4 is 5.32 Å². The number of allylic oxidation sites excluding steroid dienone is 4. The van der Waals surface area contributed by atoms with Crippen molar-refractivity contribution in [3.05, 3.63) is 71.3 Å². The van der Waals surface area contributed by atoms with Crippen LogP contribution in [0.25, 0.3) is 0 Å². The molecule has 1 aromatic carbocycles. The third kappa shape index (κ3) is 13.1. The lowest BCUT2D eigenvalue weighted by Gasteiger charge is -2.66. The fourth-order valence-electron chi connectivity index (χ4n) is 11.5. The molecule has 6 N–H and O–H groups in total. The summed E-state index contributed by atoms with van der Waals surface area (Å²) in [4.78, 5) is 56.5. The van der Waals surface area contributed by atoms with Crippen molar-refractivity contribution in [3.8, 4) is 0 Å². The van der Waals surface area contributed by atoms with Gasteiger partial charge in [-0.2, -0.15) is 0 Å². The Hall–Kier alpha value is -4.20. The molecule has 73 heavy (non-hydrogen) atoms. The number of amides is 1. The van der Waals surface area contributed by atoms with E-state index in [1.54, 1.807) is 51.1 Å². The summed E-state index contributed by atoms with van der Waals surface area (Å²) in [5, 5.41) is 63.5. The molecule has 4 fully saturated rings. The third-order valence-electron chi connectivity index (χ3n) is 15.8. The van der Waals surface area contributed by atoms with Crippen molar-refractivity contribution in [2.75, 3.05) is 19.8 Å². The summed E-state index contributed by atoms with van der Waals surface area (Å²) in [7, 11) is 0. The van der Waals surface area contributed by atoms with E-state index in [-0.39, 0.29) is 37.4 Å². The first-order valence-corrected chi connectivity index (χ1v) is 26.5. The summed E-state index contributed by atoms with van der Waals surface area (Å²) < 4.78 is 40.4. The molecule has 1 amide bonds. The Morgan fingerprint density at radius 3 is 2.21 bits per heavy atom. The first-order chi connectivity index (χ1) is 34.5. The highest BCUT2D eigenvalue weighted by Gasteiger charge is 2.75. The van der Waals surface area contributed by atoms with Gasteiger partial charge in [-0.15, -0.1) is 0 Å². The minimum atomic E-state index is -2.33. The standard InChI is InChI=1S/C56H83NO16/c1-9-10-11-12-13-14-15-16-17-18-19-20-21-22-26-29-41-67-32-37(70-41)33-68-51(64)72-45(43(36-27-24-23-25-28-36)57-50(63)73-52(3,4)5)49(62)71-38-31-56(66)48(61)46-54(8,39(58)30-40-55(46,65)34-69-40)47(60)44(59)42(35(38)2)53(56,6)7/h12-13,15-16,23-25,27-28,37-41,43-46,48,58-59,61,65-66H,9-11,14,17-22,26,29-34H2,1-8H3,(H,57,63)/b13-12-,16-15-/t37?,38-,39-,40+,41?,43-,44+,45+,46-,48-,54+,55-,56+/m0/s1. The number of ether oxygens (including phenoxy) is 7. The van der Waals surface area contributed by atoms with Crippen LogP contribution in [0.5, 0.6) is 0 Å². The first-order valence-electron chi connectivity index (χ1n) is 26.5. The van der Waals surface area contributed by atoms with Crippen LogP contribution >= 0.6 is 0 Å². The molecule has 408 valence electrons. The molecule has 2 bridgehead atoms. The smallest absolute Gasteiger partial charge is 0.455 e. The van der Waals surface area contributed by atoms with Crippen LogP contribution in [-0.2, 0) is 42.7 Å². The van der Waals surface area contributed by atoms with Crippen molar-refractivity contribution in [3.63, 3.8) is 0 Å². The molecule has 2 unspecified atom stereocenters. The summed E-state index contributed by atoms with van der Waals surface area (Å²) in [5.41, 5.74) is -8.33. The number of hydrogen-bond acceptors (Lipinski definition) is 16. The van der Waals surface area contributed by atoms with E-state index in [4.69, 9.17) is 33.2 Å². The first kappa shape index (κ1) is 58.1. The molecule has 2 saturated heterocycles. The fraction of sp³-hybridized carbons (Fsp3) is 0.714. The fourth-order valence-corrected chi connectivity index (χ4v) is 11.5. The lowest BCUT2D eigenvalue weighted by Crippen LogP contribution is -2.80. The lowest BCUT2D eigenvalue weighted by molar-refractivity contribution is -0.344. The molecule has 3 aliphatic carbocycles. The molecule has 5 aliphatic rings. The quantitative estimate of drug-likeness (QED) is 0.0284. The second-order valence-corrected chi connectivity index (χ2v) is 22.5. The van der Waals surface area contributed by atoms with Crippen molar-refractivity contribution in [1.29, 1.82) is 0 Å². The van der Waals surface area contributed by atoms with E-state index in [1.807, 2.05) is 0 Å². The predicted octanol–water partition coefficient (Wildman–Crippen LogP) is 7.54. The van der Waals surface area contributed by atoms with E-state index in [1.165, 1.54) is 53.4 Å². The summed E-state index contributed by atoms with van der Waals surface area (Å²) in [6, 6.07) is 6.71. The number of esters is 1. The molecule has 2 heterocycles. The van der Waals surface area contributed by atoms with E-state index in [9.17, 15) is 44.7 Å². The molecular formula is C56H83NO16. The number of alkyl carbamates (subject to hydrolysis) is 1. The Bertz CT molecular complexity index is 2140. The zero-order chi connectivity index (χ0) is 53.4. The van der Waals surface area contributed by atoms with Crippen LogP contribution in [-0.4, -0.2) is 135 Å². The normalized spacial score (nSPS) is 32.7. The second kappa shape index (κ2) is 24.6. The van der Waals surface area contributed by atoms with Gasteiger partial charge in [0.2, 0.25) is 6.10 Å². The topological polar surface area (TPSA) is 246 Å². The number of carbonyl (C=O) groups is 4. The highest BCUT2D eigenvalue weighted by Crippen LogP contribution is 2.62. The Morgan fingerprint density at radius 2 is 1.56 bits per heavy atom. The zero-order valence-electron chi connectivity index (χ0n) is 44.2. The molecule has 6 rings (SSSR count). The zero-order valence-corrected chi connectivity index (χ0v) is 44.2. The van der Waals surface area contributed by atoms with E-state index >= 15 is 0 Å². The summed E-state index contributed by atoms with van der Waals surface area (Å²) in [5.74, 6) is -3.67. The molecule has 13 atom stereocenters. The summed E-state index contributed by atoms with van der Waals surface area (Å²) >= 11 is 0. The van der Waals surface area contributed by atoms with Gasteiger partial charge in [0, 0.05) is 24.2 Å². The van der Waals surface area contributed by atoms with Crippen molar-refractivity contribution >= 4 is 24.0 Å². The maximum Gasteiger partial charge on any atom is 0.509 e. The van der Waals surface area contributed by atoms with Crippen LogP contribution in [0.4, 0.5) is 9.59 Å². The van der Waals surface area contributed by atoms with Crippen LogP contribution in [0.3, 0.4) is 0 Å². The van der Waals surface area contributed by atoms with Crippen molar-refractivity contribution in [2.45, 2.75) is 217 Å². The number of aliphatic hydroxyl groups excluding tert-OH is 3. The number of ketones is 1. The minimum Gasteiger partial charge on any atom is -0.455 e. The van der Waals surface area contributed by atoms with Crippen LogP contribution in [0, 0.1) is 16.7 Å². The highest BCUT2D eigenvalue weighted by molar-refractivity contribution is 5.93. The van der Waals surface area contributed by atoms with Gasteiger partial charge in [-0.3, -0.25) is 4.79 Å². The van der Waals surface area contributed by atoms with Crippen molar-refractivity contribution in [2.24, 2.45) is 16.7 Å². The minimum absolute atomic E-state index is 0.0646. The van der Waals surface area contributed by atoms with E-state index in [0.29, 0.717) is 12.0 Å². The Kier molecular flexibility index (Phi) is 19.6. The second-order valence-electron chi connectivity index (χ2n) is 22.5. The van der Waals surface area contributed by atoms with Gasteiger partial charge in [-0.25, -0.2) is 14.4 Å². The van der Waals surface area contributed by atoms with Gasteiger partial charge in [-0.05, 0) is 89.9 Å². The van der Waals surface area contributed by atoms with Crippen molar-refractivity contribution in [1.82, 2.24) is 5.32 Å². The predicted molar refractivity (Wildman–Crippen MR) is 269 cm³/mol. The monoisotopic (exact) mass is 1030 g/mol. The molecule has 0 aromatic heterocycles. The number of Topliss-reactive ketones (excluding diaryl/α,β-unsaturated/α-hetero) is 1. The van der Waals surface area contributed by atoms with Gasteiger partial charge in [0.15, 0.2) is 12.1 Å². The Morgan fingerprint density at radius 1 is 0.904 bits per heavy atom. The van der Waals surface area contributed by atoms with E-state index < -0.39 is 119 Å². The number of carbonyl (C=O) groups excluding carboxylic acids is 4. The summed E-state index contributed by atoms with van der Waals surface area (Å²) in [6.45, 7) is 12.6. The number of nitrogens with one attached hydrogen (secondary N) is 1. The van der Waals surface area contributed by atoms with E-state index in [2.05, 4.69) is 36.5 Å². The number of aliphatic hydroxyl groups is 5. The molecule has 2 aliphatic heterocycles. The Balaban J connectivity index is 1.13. The summed E-state index contributed by atoms with van der Waals surface area (Å²) in [6.07, 6.45) is 7.98. The average Bonchev–Trinajstić information content (AvgIpc) is 3.79. The Labute approximate surface area is 431 Å². The number of hydrogen-bond donors (Lipinski definition) is 6. The molecular weight excluding hydrogens is 943 g/mol. The largest absolute Gasteiger partial charge is 0.509 e. The van der Waals surface area contributed by atoms with Gasteiger partial charge in [0.1, 0.15) is 47.8 Å². The van der Waals surface area contributed by atoms with Crippen molar-refractivity contribution < 1.29 is 77.9 Å². The SMILES string of the molecule is CCCC/C=C\C/C=C\CCCCCCCCC1OCC(COC(=O)O[C@@H](C(=O)O[C@H]2C[C@@]3(O)[C@@H](O)[C@@H]4[C@]5(O)CO[C@@H]5C[C@H](O)[C@@]4(C)C(=O)[C@H](O)C(=C2C)C3(C)C)[C@@H](NC(=O)OC(C)(C)C)c2ccccc2)O1. The highest BCUT2D eigenvalue weighted by atomic mass is 16.8. The van der Waals surface area contributed by atoms with Gasteiger partial charge >= 0.3 is 18.2 Å². The van der Waals surface area contributed by atoms with Crippen LogP contribution in [0.2, 0.25) is 0 Å². The van der Waals surface area contributed by atoms with E-state index in [0.717, 1.165) is 44.9 Å². The number of unbranched alkanes of at least 4 members (excludes halogenated alkanes) is 8. The molecule has 17 nitrogen and oxygen atoms in total. The molecule has 0 spiro atoms. The van der Waals surface area contributed by atoms with Crippen LogP contribution in [0.15, 0.2) is 65.8 Å². The van der Waals surface area contributed by atoms with Gasteiger partial charge in [0.25, 0.3) is 0 Å². The number of benzene rings is 1. The maximum atomic E-state index is 14.8. The third-order valence-corrected chi connectivity index (χ3v) is 15.8. The van der Waals surface area contributed by atoms with Crippen LogP contribution in [0.1, 0.15) is 157 Å². The van der Waals surface area contributed by atoms with Gasteiger partial charge in [0.05, 0.1) is 36.9 Å². The average molecular weight is 1030 g/mol. The molecule has 2 saturated carbocycles. The molecule has 17 heteroatoms. The van der Waals surface area contributed by atoms with Gasteiger partial charge in [-0.1, -0.05) is 114 Å². The maximum absolute atomic E-state index is 14.8. The van der Waals surface area contributed by atoms with Gasteiger partial charge < -0.3 is 64.0 Å².